The van der Waals surface area contributed by atoms with Crippen LogP contribution in [0.3, 0.4) is 0 Å². The summed E-state index contributed by atoms with van der Waals surface area (Å²) in [4.78, 5) is 17.6. The number of benzene rings is 2. The molecule has 26 heavy (non-hydrogen) atoms. The van der Waals surface area contributed by atoms with E-state index in [1.807, 2.05) is 81.4 Å². The Balaban J connectivity index is 1.86. The Kier molecular flexibility index (Phi) is 7.63. The van der Waals surface area contributed by atoms with Gasteiger partial charge in [0.1, 0.15) is 5.60 Å². The number of ether oxygens (including phenoxy) is 1. The Labute approximate surface area is 155 Å². The van der Waals surface area contributed by atoms with Gasteiger partial charge in [0.25, 0.3) is 0 Å². The minimum Gasteiger partial charge on any atom is -0.444 e. The van der Waals surface area contributed by atoms with Gasteiger partial charge in [-0.1, -0.05) is 60.7 Å². The maximum absolute atomic E-state index is 12.1. The third-order valence-corrected chi connectivity index (χ3v) is 3.56. The number of alkyl carbamates (subject to hydrolysis) is 1. The third kappa shape index (κ3) is 8.14. The lowest BCUT2D eigenvalue weighted by Crippen LogP contribution is -2.45. The van der Waals surface area contributed by atoms with Crippen LogP contribution < -0.4 is 10.8 Å². The summed E-state index contributed by atoms with van der Waals surface area (Å²) in [5, 5.41) is 2.92. The van der Waals surface area contributed by atoms with Crippen LogP contribution in [-0.4, -0.2) is 24.3 Å². The van der Waals surface area contributed by atoms with Crippen molar-refractivity contribution in [2.24, 2.45) is 0 Å². The molecule has 0 heterocycles. The summed E-state index contributed by atoms with van der Waals surface area (Å²) in [5.41, 5.74) is 4.64. The molecule has 0 saturated heterocycles. The van der Waals surface area contributed by atoms with Gasteiger partial charge in [0, 0.05) is 6.54 Å². The van der Waals surface area contributed by atoms with Crippen LogP contribution in [0, 0.1) is 0 Å². The largest absolute Gasteiger partial charge is 0.444 e. The molecule has 5 heteroatoms. The lowest BCUT2D eigenvalue weighted by molar-refractivity contribution is 0.0196. The van der Waals surface area contributed by atoms with Crippen molar-refractivity contribution in [1.29, 1.82) is 0 Å². The van der Waals surface area contributed by atoms with Crippen molar-refractivity contribution in [3.63, 3.8) is 0 Å². The van der Waals surface area contributed by atoms with E-state index in [1.54, 1.807) is 0 Å². The average Bonchev–Trinajstić information content (AvgIpc) is 2.59. The van der Waals surface area contributed by atoms with Crippen LogP contribution in [0.2, 0.25) is 0 Å². The fourth-order valence-corrected chi connectivity index (χ4v) is 2.42. The Morgan fingerprint density at radius 1 is 0.962 bits per heavy atom. The van der Waals surface area contributed by atoms with Gasteiger partial charge in [0.2, 0.25) is 0 Å². The van der Waals surface area contributed by atoms with E-state index in [4.69, 9.17) is 9.57 Å². The second-order valence-electron chi connectivity index (χ2n) is 7.16. The number of nitrogens with one attached hydrogen (secondary N) is 2. The molecule has 0 saturated carbocycles. The quantitative estimate of drug-likeness (QED) is 0.557. The Morgan fingerprint density at radius 2 is 1.54 bits per heavy atom. The topological polar surface area (TPSA) is 59.6 Å². The predicted molar refractivity (Wildman–Crippen MR) is 103 cm³/mol. The summed E-state index contributed by atoms with van der Waals surface area (Å²) < 4.78 is 5.36. The normalized spacial score (nSPS) is 12.4. The molecule has 0 radical (unpaired) electrons. The fourth-order valence-electron chi connectivity index (χ4n) is 2.42. The van der Waals surface area contributed by atoms with E-state index >= 15 is 0 Å². The van der Waals surface area contributed by atoms with E-state index in [1.165, 1.54) is 0 Å². The molecular weight excluding hydrogens is 328 g/mol. The highest BCUT2D eigenvalue weighted by Crippen LogP contribution is 2.08. The monoisotopic (exact) mass is 356 g/mol. The number of rotatable bonds is 8. The average molecular weight is 356 g/mol. The number of hydroxylamine groups is 1. The van der Waals surface area contributed by atoms with Crippen LogP contribution in [0.4, 0.5) is 4.79 Å². The van der Waals surface area contributed by atoms with Gasteiger partial charge in [-0.15, -0.1) is 0 Å². The molecule has 2 aromatic carbocycles. The van der Waals surface area contributed by atoms with Crippen molar-refractivity contribution < 1.29 is 14.4 Å². The summed E-state index contributed by atoms with van der Waals surface area (Å²) >= 11 is 0. The second-order valence-corrected chi connectivity index (χ2v) is 7.16. The van der Waals surface area contributed by atoms with E-state index in [-0.39, 0.29) is 6.04 Å². The molecule has 0 aliphatic carbocycles. The van der Waals surface area contributed by atoms with Gasteiger partial charge >= 0.3 is 6.09 Å². The number of hydrogen-bond donors (Lipinski definition) is 2. The van der Waals surface area contributed by atoms with Gasteiger partial charge in [-0.2, -0.15) is 0 Å². The van der Waals surface area contributed by atoms with Gasteiger partial charge in [0.15, 0.2) is 0 Å². The first-order chi connectivity index (χ1) is 12.4. The van der Waals surface area contributed by atoms with Gasteiger partial charge in [-0.25, -0.2) is 10.3 Å². The number of hydrogen-bond acceptors (Lipinski definition) is 4. The highest BCUT2D eigenvalue weighted by molar-refractivity contribution is 5.68. The van der Waals surface area contributed by atoms with Crippen molar-refractivity contribution in [2.45, 2.75) is 45.4 Å². The second kappa shape index (κ2) is 9.94. The summed E-state index contributed by atoms with van der Waals surface area (Å²) in [6.45, 7) is 6.48. The first-order valence-electron chi connectivity index (χ1n) is 8.84. The Hall–Kier alpha value is -2.37. The summed E-state index contributed by atoms with van der Waals surface area (Å²) in [6, 6.07) is 19.8. The van der Waals surface area contributed by atoms with E-state index in [0.717, 1.165) is 11.1 Å². The maximum atomic E-state index is 12.1. The van der Waals surface area contributed by atoms with Crippen molar-refractivity contribution in [1.82, 2.24) is 10.8 Å². The molecule has 0 unspecified atom stereocenters. The predicted octanol–water partition coefficient (Wildman–Crippen LogP) is 3.84. The maximum Gasteiger partial charge on any atom is 0.407 e. The van der Waals surface area contributed by atoms with Crippen LogP contribution in [0.5, 0.6) is 0 Å². The number of carbonyl (C=O) groups is 1. The standard InChI is InChI=1S/C21H28N2O3/c1-21(2,3)26-20(24)23-19(14-17-10-6-4-7-11-17)15-22-25-16-18-12-8-5-9-13-18/h4-13,19,22H,14-16H2,1-3H3,(H,23,24)/t19-/m0/s1. The zero-order valence-electron chi connectivity index (χ0n) is 15.7. The molecule has 140 valence electrons. The van der Waals surface area contributed by atoms with E-state index in [2.05, 4.69) is 10.8 Å². The van der Waals surface area contributed by atoms with Gasteiger partial charge in [0.05, 0.1) is 12.6 Å². The lowest BCUT2D eigenvalue weighted by atomic mass is 10.1. The molecule has 0 bridgehead atoms. The molecule has 0 aromatic heterocycles. The van der Waals surface area contributed by atoms with E-state index in [9.17, 15) is 4.79 Å². The molecule has 5 nitrogen and oxygen atoms in total. The molecule has 2 rings (SSSR count). The zero-order valence-corrected chi connectivity index (χ0v) is 15.7. The minimum absolute atomic E-state index is 0.150. The van der Waals surface area contributed by atoms with E-state index in [0.29, 0.717) is 19.6 Å². The molecule has 0 fully saturated rings. The fraction of sp³-hybridized carbons (Fsp3) is 0.381. The molecule has 1 atom stereocenters. The van der Waals surface area contributed by atoms with E-state index < -0.39 is 11.7 Å². The Bertz CT molecular complexity index is 654. The number of carbonyl (C=O) groups excluding carboxylic acids is 1. The molecule has 1 amide bonds. The van der Waals surface area contributed by atoms with Crippen LogP contribution in [0.15, 0.2) is 60.7 Å². The highest BCUT2D eigenvalue weighted by Gasteiger charge is 2.19. The van der Waals surface area contributed by atoms with Crippen molar-refractivity contribution >= 4 is 6.09 Å². The van der Waals surface area contributed by atoms with Crippen molar-refractivity contribution in [3.8, 4) is 0 Å². The van der Waals surface area contributed by atoms with Gasteiger partial charge in [-0.05, 0) is 38.3 Å². The zero-order chi connectivity index (χ0) is 18.8. The molecule has 2 aromatic rings. The third-order valence-electron chi connectivity index (χ3n) is 3.56. The molecule has 2 N–H and O–H groups in total. The van der Waals surface area contributed by atoms with Crippen molar-refractivity contribution in [3.05, 3.63) is 71.8 Å². The molecule has 0 aliphatic heterocycles. The first-order valence-corrected chi connectivity index (χ1v) is 8.84. The molecular formula is C21H28N2O3. The SMILES string of the molecule is CC(C)(C)OC(=O)N[C@H](CNOCc1ccccc1)Cc1ccccc1. The lowest BCUT2D eigenvalue weighted by Gasteiger charge is -2.24. The molecule has 0 spiro atoms. The summed E-state index contributed by atoms with van der Waals surface area (Å²) in [5.74, 6) is 0. The van der Waals surface area contributed by atoms with Crippen LogP contribution >= 0.6 is 0 Å². The van der Waals surface area contributed by atoms with Crippen molar-refractivity contribution in [2.75, 3.05) is 6.54 Å². The van der Waals surface area contributed by atoms with Gasteiger partial charge in [-0.3, -0.25) is 4.84 Å². The highest BCUT2D eigenvalue weighted by atomic mass is 16.6. The molecule has 0 aliphatic rings. The first kappa shape index (κ1) is 19.9. The summed E-state index contributed by atoms with van der Waals surface area (Å²) in [7, 11) is 0. The minimum atomic E-state index is -0.529. The number of amides is 1. The van der Waals surface area contributed by atoms with Crippen LogP contribution in [-0.2, 0) is 22.6 Å². The smallest absolute Gasteiger partial charge is 0.407 e. The van der Waals surface area contributed by atoms with Crippen LogP contribution in [0.1, 0.15) is 31.9 Å². The van der Waals surface area contributed by atoms with Gasteiger partial charge < -0.3 is 10.1 Å². The Morgan fingerprint density at radius 3 is 2.12 bits per heavy atom. The summed E-state index contributed by atoms with van der Waals surface area (Å²) in [6.07, 6.45) is 0.255. The van der Waals surface area contributed by atoms with Crippen LogP contribution in [0.25, 0.3) is 0 Å².